The number of Topliss-reactive ketones (excluding diaryl/α,β-unsaturated/α-hetero) is 1. The van der Waals surface area contributed by atoms with Crippen molar-refractivity contribution in [3.05, 3.63) is 35.4 Å². The highest BCUT2D eigenvalue weighted by molar-refractivity contribution is 5.96. The van der Waals surface area contributed by atoms with Crippen LogP contribution in [0.3, 0.4) is 0 Å². The van der Waals surface area contributed by atoms with E-state index in [9.17, 15) is 9.59 Å². The van der Waals surface area contributed by atoms with Crippen molar-refractivity contribution in [3.8, 4) is 0 Å². The van der Waals surface area contributed by atoms with Crippen LogP contribution in [0.1, 0.15) is 68.8 Å². The molecular formula is C18H27NO2. The van der Waals surface area contributed by atoms with Crippen molar-refractivity contribution in [2.24, 2.45) is 5.92 Å². The van der Waals surface area contributed by atoms with E-state index in [1.165, 1.54) is 0 Å². The Bertz CT molecular complexity index is 466. The fourth-order valence-corrected chi connectivity index (χ4v) is 2.19. The van der Waals surface area contributed by atoms with Crippen LogP contribution >= 0.6 is 0 Å². The van der Waals surface area contributed by atoms with Crippen LogP contribution in [0.5, 0.6) is 0 Å². The zero-order chi connectivity index (χ0) is 15.7. The molecule has 1 amide bonds. The van der Waals surface area contributed by atoms with Crippen molar-refractivity contribution in [2.45, 2.75) is 59.4 Å². The van der Waals surface area contributed by atoms with E-state index in [1.807, 2.05) is 31.2 Å². The van der Waals surface area contributed by atoms with Crippen LogP contribution in [0, 0.1) is 5.92 Å². The number of carbonyl (C=O) groups is 2. The van der Waals surface area contributed by atoms with E-state index in [2.05, 4.69) is 19.2 Å². The molecular weight excluding hydrogens is 262 g/mol. The molecule has 0 saturated carbocycles. The van der Waals surface area contributed by atoms with Gasteiger partial charge in [-0.2, -0.15) is 0 Å². The van der Waals surface area contributed by atoms with Gasteiger partial charge in [-0.05, 0) is 30.4 Å². The highest BCUT2D eigenvalue weighted by Gasteiger charge is 2.06. The average Bonchev–Trinajstić information content (AvgIpc) is 2.45. The first-order valence-electron chi connectivity index (χ1n) is 7.91. The van der Waals surface area contributed by atoms with E-state index in [0.29, 0.717) is 25.3 Å². The molecule has 0 unspecified atom stereocenters. The molecule has 0 bridgehead atoms. The fourth-order valence-electron chi connectivity index (χ4n) is 2.19. The molecule has 21 heavy (non-hydrogen) atoms. The summed E-state index contributed by atoms with van der Waals surface area (Å²) in [5, 5.41) is 2.92. The van der Waals surface area contributed by atoms with Crippen molar-refractivity contribution < 1.29 is 9.59 Å². The Morgan fingerprint density at radius 3 is 2.62 bits per heavy atom. The van der Waals surface area contributed by atoms with E-state index in [4.69, 9.17) is 0 Å². The first-order valence-corrected chi connectivity index (χ1v) is 7.91. The predicted molar refractivity (Wildman–Crippen MR) is 86.2 cm³/mol. The second-order valence-electron chi connectivity index (χ2n) is 5.94. The molecule has 0 heterocycles. The topological polar surface area (TPSA) is 46.2 Å². The number of benzene rings is 1. The molecule has 116 valence electrons. The van der Waals surface area contributed by atoms with Crippen LogP contribution in [0.15, 0.2) is 24.3 Å². The number of carbonyl (C=O) groups excluding carboxylic acids is 2. The summed E-state index contributed by atoms with van der Waals surface area (Å²) in [6, 6.07) is 7.54. The van der Waals surface area contributed by atoms with Gasteiger partial charge in [0.2, 0.25) is 5.91 Å². The van der Waals surface area contributed by atoms with E-state index in [1.54, 1.807) is 0 Å². The Morgan fingerprint density at radius 1 is 1.19 bits per heavy atom. The minimum Gasteiger partial charge on any atom is -0.352 e. The number of hydrogen-bond donors (Lipinski definition) is 1. The minimum absolute atomic E-state index is 0.0842. The molecule has 0 aromatic heterocycles. The Hall–Kier alpha value is -1.64. The zero-order valence-corrected chi connectivity index (χ0v) is 13.4. The highest BCUT2D eigenvalue weighted by atomic mass is 16.1. The van der Waals surface area contributed by atoms with Gasteiger partial charge in [0.15, 0.2) is 5.78 Å². The first kappa shape index (κ1) is 17.4. The number of amides is 1. The van der Waals surface area contributed by atoms with Gasteiger partial charge >= 0.3 is 0 Å². The third-order valence-electron chi connectivity index (χ3n) is 3.40. The molecule has 0 spiro atoms. The van der Waals surface area contributed by atoms with Gasteiger partial charge in [0, 0.05) is 24.9 Å². The summed E-state index contributed by atoms with van der Waals surface area (Å²) in [6.07, 6.45) is 4.01. The highest BCUT2D eigenvalue weighted by Crippen LogP contribution is 2.10. The quantitative estimate of drug-likeness (QED) is 0.695. The number of ketones is 1. The molecule has 0 aliphatic heterocycles. The average molecular weight is 289 g/mol. The van der Waals surface area contributed by atoms with Crippen LogP contribution in [-0.2, 0) is 11.3 Å². The maximum absolute atomic E-state index is 11.9. The molecule has 0 atom stereocenters. The molecule has 0 aliphatic rings. The summed E-state index contributed by atoms with van der Waals surface area (Å²) in [5.74, 6) is 0.891. The van der Waals surface area contributed by atoms with Gasteiger partial charge in [0.25, 0.3) is 0 Å². The molecule has 1 aromatic rings. The summed E-state index contributed by atoms with van der Waals surface area (Å²) in [6.45, 7) is 6.82. The number of nitrogens with one attached hydrogen (secondary N) is 1. The molecule has 1 aromatic carbocycles. The summed E-state index contributed by atoms with van der Waals surface area (Å²) in [5.41, 5.74) is 1.72. The Labute approximate surface area is 128 Å². The molecule has 3 heteroatoms. The van der Waals surface area contributed by atoms with E-state index < -0.39 is 0 Å². The Balaban J connectivity index is 2.43. The summed E-state index contributed by atoms with van der Waals surface area (Å²) < 4.78 is 0. The Kier molecular flexibility index (Phi) is 7.73. The van der Waals surface area contributed by atoms with Gasteiger partial charge in [-0.3, -0.25) is 9.59 Å². The maximum Gasteiger partial charge on any atom is 0.220 e. The molecule has 0 fully saturated rings. The van der Waals surface area contributed by atoms with Crippen LogP contribution in [0.4, 0.5) is 0 Å². The number of rotatable bonds is 9. The molecule has 0 saturated heterocycles. The zero-order valence-electron chi connectivity index (χ0n) is 13.4. The second-order valence-corrected chi connectivity index (χ2v) is 5.94. The van der Waals surface area contributed by atoms with Gasteiger partial charge in [-0.1, -0.05) is 45.4 Å². The lowest BCUT2D eigenvalue weighted by atomic mass is 10.0. The van der Waals surface area contributed by atoms with E-state index in [0.717, 1.165) is 30.4 Å². The fraction of sp³-hybridized carbons (Fsp3) is 0.556. The molecule has 0 radical (unpaired) electrons. The summed E-state index contributed by atoms with van der Waals surface area (Å²) in [7, 11) is 0. The predicted octanol–water partition coefficient (Wildman–Crippen LogP) is 4.11. The molecule has 3 nitrogen and oxygen atoms in total. The van der Waals surface area contributed by atoms with E-state index >= 15 is 0 Å². The lowest BCUT2D eigenvalue weighted by Crippen LogP contribution is -2.22. The van der Waals surface area contributed by atoms with Crippen LogP contribution in [0.25, 0.3) is 0 Å². The number of hydrogen-bond acceptors (Lipinski definition) is 2. The van der Waals surface area contributed by atoms with Crippen LogP contribution < -0.4 is 5.32 Å². The lowest BCUT2D eigenvalue weighted by molar-refractivity contribution is -0.121. The molecule has 1 N–H and O–H groups in total. The van der Waals surface area contributed by atoms with Crippen LogP contribution in [-0.4, -0.2) is 11.7 Å². The standard InChI is InChI=1S/C18H27NO2/c1-4-7-17(20)16-10-6-9-15(12-16)13-19-18(21)11-5-8-14(2)3/h6,9-10,12,14H,4-5,7-8,11,13H2,1-3H3,(H,19,21). The lowest BCUT2D eigenvalue weighted by Gasteiger charge is -2.08. The maximum atomic E-state index is 11.9. The van der Waals surface area contributed by atoms with Crippen molar-refractivity contribution >= 4 is 11.7 Å². The Morgan fingerprint density at radius 2 is 1.95 bits per heavy atom. The SMILES string of the molecule is CCCC(=O)c1cccc(CNC(=O)CCCC(C)C)c1. The summed E-state index contributed by atoms with van der Waals surface area (Å²) >= 11 is 0. The third-order valence-corrected chi connectivity index (χ3v) is 3.40. The summed E-state index contributed by atoms with van der Waals surface area (Å²) in [4.78, 5) is 23.6. The van der Waals surface area contributed by atoms with Crippen molar-refractivity contribution in [3.63, 3.8) is 0 Å². The first-order chi connectivity index (χ1) is 10.0. The van der Waals surface area contributed by atoms with E-state index in [-0.39, 0.29) is 11.7 Å². The smallest absolute Gasteiger partial charge is 0.220 e. The molecule has 1 rings (SSSR count). The molecule has 0 aliphatic carbocycles. The third kappa shape index (κ3) is 7.07. The van der Waals surface area contributed by atoms with Gasteiger partial charge < -0.3 is 5.32 Å². The van der Waals surface area contributed by atoms with Crippen molar-refractivity contribution in [2.75, 3.05) is 0 Å². The second kappa shape index (κ2) is 9.32. The van der Waals surface area contributed by atoms with Gasteiger partial charge in [-0.25, -0.2) is 0 Å². The van der Waals surface area contributed by atoms with Crippen molar-refractivity contribution in [1.29, 1.82) is 0 Å². The van der Waals surface area contributed by atoms with Gasteiger partial charge in [-0.15, -0.1) is 0 Å². The van der Waals surface area contributed by atoms with Gasteiger partial charge in [0.05, 0.1) is 0 Å². The monoisotopic (exact) mass is 289 g/mol. The largest absolute Gasteiger partial charge is 0.352 e. The van der Waals surface area contributed by atoms with Crippen LogP contribution in [0.2, 0.25) is 0 Å². The normalized spacial score (nSPS) is 10.7. The minimum atomic E-state index is 0.0842. The van der Waals surface area contributed by atoms with Crippen molar-refractivity contribution in [1.82, 2.24) is 5.32 Å². The van der Waals surface area contributed by atoms with Gasteiger partial charge in [0.1, 0.15) is 0 Å².